The summed E-state index contributed by atoms with van der Waals surface area (Å²) >= 11 is 0. The van der Waals surface area contributed by atoms with Crippen molar-refractivity contribution in [1.82, 2.24) is 10.3 Å². The molecule has 0 saturated carbocycles. The molecule has 98 valence electrons. The van der Waals surface area contributed by atoms with Gasteiger partial charge in [-0.05, 0) is 42.3 Å². The van der Waals surface area contributed by atoms with Gasteiger partial charge in [-0.2, -0.15) is 0 Å². The fraction of sp³-hybridized carbons (Fsp3) is 0.267. The van der Waals surface area contributed by atoms with Crippen LogP contribution in [0.5, 0.6) is 11.5 Å². The topological polar surface area (TPSA) is 43.4 Å². The molecular weight excluding hydrogens is 240 g/mol. The first kappa shape index (κ1) is 12.0. The van der Waals surface area contributed by atoms with E-state index in [2.05, 4.69) is 23.3 Å². The van der Waals surface area contributed by atoms with Gasteiger partial charge in [-0.25, -0.2) is 0 Å². The largest absolute Gasteiger partial charge is 0.454 e. The quantitative estimate of drug-likeness (QED) is 0.913. The zero-order valence-corrected chi connectivity index (χ0v) is 10.8. The van der Waals surface area contributed by atoms with E-state index in [1.54, 1.807) is 0 Å². The molecule has 1 unspecified atom stereocenters. The molecule has 1 atom stereocenters. The summed E-state index contributed by atoms with van der Waals surface area (Å²) in [5.74, 6) is 1.65. The number of hydrogen-bond donors (Lipinski definition) is 1. The third-order valence-corrected chi connectivity index (χ3v) is 3.26. The van der Waals surface area contributed by atoms with E-state index in [0.717, 1.165) is 18.0 Å². The van der Waals surface area contributed by atoms with Gasteiger partial charge in [0.1, 0.15) is 0 Å². The van der Waals surface area contributed by atoms with E-state index in [0.29, 0.717) is 6.79 Å². The Labute approximate surface area is 112 Å². The maximum absolute atomic E-state index is 5.39. The second-order valence-electron chi connectivity index (χ2n) is 4.57. The molecule has 0 bridgehead atoms. The molecule has 1 aromatic carbocycles. The van der Waals surface area contributed by atoms with E-state index in [1.807, 2.05) is 36.7 Å². The number of pyridine rings is 1. The summed E-state index contributed by atoms with van der Waals surface area (Å²) in [6, 6.07) is 10.3. The fourth-order valence-corrected chi connectivity index (χ4v) is 2.07. The molecule has 0 fully saturated rings. The Bertz CT molecular complexity index is 557. The molecule has 0 amide bonds. The first-order chi connectivity index (χ1) is 9.33. The van der Waals surface area contributed by atoms with Crippen LogP contribution in [0.3, 0.4) is 0 Å². The van der Waals surface area contributed by atoms with Crippen LogP contribution in [-0.2, 0) is 6.54 Å². The predicted octanol–water partition coefficient (Wildman–Crippen LogP) is 2.66. The van der Waals surface area contributed by atoms with Crippen LogP contribution in [0.25, 0.3) is 0 Å². The molecule has 1 aliphatic rings. The second kappa shape index (κ2) is 5.28. The van der Waals surface area contributed by atoms with Crippen LogP contribution in [-0.4, -0.2) is 11.8 Å². The van der Waals surface area contributed by atoms with Gasteiger partial charge < -0.3 is 14.8 Å². The van der Waals surface area contributed by atoms with Crippen LogP contribution in [0.4, 0.5) is 0 Å². The minimum atomic E-state index is 0.252. The van der Waals surface area contributed by atoms with Crippen molar-refractivity contribution in [2.24, 2.45) is 0 Å². The molecular formula is C15H16N2O2. The zero-order chi connectivity index (χ0) is 13.1. The highest BCUT2D eigenvalue weighted by molar-refractivity contribution is 5.45. The summed E-state index contributed by atoms with van der Waals surface area (Å²) in [6.45, 7) is 3.27. The average Bonchev–Trinajstić information content (AvgIpc) is 2.93. The summed E-state index contributed by atoms with van der Waals surface area (Å²) in [5.41, 5.74) is 2.42. The SMILES string of the molecule is CC(NCc1ccncc1)c1ccc2c(c1)OCO2. The summed E-state index contributed by atoms with van der Waals surface area (Å²) in [7, 11) is 0. The number of aromatic nitrogens is 1. The number of fused-ring (bicyclic) bond motifs is 1. The highest BCUT2D eigenvalue weighted by Gasteiger charge is 2.15. The molecule has 1 aromatic heterocycles. The average molecular weight is 256 g/mol. The molecule has 19 heavy (non-hydrogen) atoms. The van der Waals surface area contributed by atoms with Gasteiger partial charge >= 0.3 is 0 Å². The van der Waals surface area contributed by atoms with Gasteiger partial charge in [0.25, 0.3) is 0 Å². The minimum Gasteiger partial charge on any atom is -0.454 e. The van der Waals surface area contributed by atoms with Crippen LogP contribution >= 0.6 is 0 Å². The Morgan fingerprint density at radius 2 is 1.95 bits per heavy atom. The van der Waals surface area contributed by atoms with Gasteiger partial charge in [-0.3, -0.25) is 4.98 Å². The highest BCUT2D eigenvalue weighted by Crippen LogP contribution is 2.34. The van der Waals surface area contributed by atoms with Crippen molar-refractivity contribution in [1.29, 1.82) is 0 Å². The van der Waals surface area contributed by atoms with Gasteiger partial charge in [0.2, 0.25) is 6.79 Å². The third kappa shape index (κ3) is 2.69. The van der Waals surface area contributed by atoms with Gasteiger partial charge in [0, 0.05) is 25.0 Å². The van der Waals surface area contributed by atoms with Gasteiger partial charge in [-0.1, -0.05) is 6.07 Å². The van der Waals surface area contributed by atoms with Crippen molar-refractivity contribution in [3.05, 3.63) is 53.9 Å². The Hall–Kier alpha value is -2.07. The molecule has 0 aliphatic carbocycles. The lowest BCUT2D eigenvalue weighted by Gasteiger charge is -2.14. The molecule has 3 rings (SSSR count). The molecule has 1 aliphatic heterocycles. The summed E-state index contributed by atoms with van der Waals surface area (Å²) < 4.78 is 10.7. The van der Waals surface area contributed by atoms with Crippen LogP contribution in [0.15, 0.2) is 42.7 Å². The van der Waals surface area contributed by atoms with Crippen LogP contribution in [0.1, 0.15) is 24.1 Å². The Balaban J connectivity index is 1.65. The van der Waals surface area contributed by atoms with Crippen LogP contribution < -0.4 is 14.8 Å². The maximum Gasteiger partial charge on any atom is 0.231 e. The number of hydrogen-bond acceptors (Lipinski definition) is 4. The molecule has 4 heteroatoms. The van der Waals surface area contributed by atoms with E-state index in [9.17, 15) is 0 Å². The van der Waals surface area contributed by atoms with Crippen molar-refractivity contribution >= 4 is 0 Å². The van der Waals surface area contributed by atoms with E-state index >= 15 is 0 Å². The van der Waals surface area contributed by atoms with Crippen molar-refractivity contribution in [3.63, 3.8) is 0 Å². The molecule has 4 nitrogen and oxygen atoms in total. The standard InChI is InChI=1S/C15H16N2O2/c1-11(17-9-12-4-6-16-7-5-12)13-2-3-14-15(8-13)19-10-18-14/h2-8,11,17H,9-10H2,1H3. The van der Waals surface area contributed by atoms with Gasteiger partial charge in [0.15, 0.2) is 11.5 Å². The number of nitrogens with one attached hydrogen (secondary N) is 1. The molecule has 2 aromatic rings. The first-order valence-electron chi connectivity index (χ1n) is 6.35. The molecule has 2 heterocycles. The van der Waals surface area contributed by atoms with Crippen molar-refractivity contribution in [2.45, 2.75) is 19.5 Å². The monoisotopic (exact) mass is 256 g/mol. The summed E-state index contributed by atoms with van der Waals surface area (Å²) in [6.07, 6.45) is 3.62. The van der Waals surface area contributed by atoms with Gasteiger partial charge in [0.05, 0.1) is 0 Å². The van der Waals surface area contributed by atoms with Crippen molar-refractivity contribution in [2.75, 3.05) is 6.79 Å². The smallest absolute Gasteiger partial charge is 0.231 e. The van der Waals surface area contributed by atoms with Gasteiger partial charge in [-0.15, -0.1) is 0 Å². The molecule has 0 spiro atoms. The van der Waals surface area contributed by atoms with E-state index in [1.165, 1.54) is 11.1 Å². The van der Waals surface area contributed by atoms with Crippen LogP contribution in [0.2, 0.25) is 0 Å². The predicted molar refractivity (Wildman–Crippen MR) is 72.1 cm³/mol. The molecule has 0 saturated heterocycles. The lowest BCUT2D eigenvalue weighted by Crippen LogP contribution is -2.18. The number of rotatable bonds is 4. The normalized spacial score (nSPS) is 14.4. The minimum absolute atomic E-state index is 0.252. The van der Waals surface area contributed by atoms with Crippen molar-refractivity contribution in [3.8, 4) is 11.5 Å². The fourth-order valence-electron chi connectivity index (χ4n) is 2.07. The zero-order valence-electron chi connectivity index (χ0n) is 10.8. The van der Waals surface area contributed by atoms with E-state index in [-0.39, 0.29) is 6.04 Å². The Morgan fingerprint density at radius 1 is 1.16 bits per heavy atom. The second-order valence-corrected chi connectivity index (χ2v) is 4.57. The Kier molecular flexibility index (Phi) is 3.33. The first-order valence-corrected chi connectivity index (χ1v) is 6.35. The number of nitrogens with zero attached hydrogens (tertiary/aromatic N) is 1. The van der Waals surface area contributed by atoms with E-state index < -0.39 is 0 Å². The highest BCUT2D eigenvalue weighted by atomic mass is 16.7. The number of benzene rings is 1. The van der Waals surface area contributed by atoms with Crippen LogP contribution in [0, 0.1) is 0 Å². The van der Waals surface area contributed by atoms with Crippen molar-refractivity contribution < 1.29 is 9.47 Å². The Morgan fingerprint density at radius 3 is 2.79 bits per heavy atom. The molecule has 1 N–H and O–H groups in total. The lowest BCUT2D eigenvalue weighted by molar-refractivity contribution is 0.174. The summed E-state index contributed by atoms with van der Waals surface area (Å²) in [4.78, 5) is 4.01. The maximum atomic E-state index is 5.39. The van der Waals surface area contributed by atoms with E-state index in [4.69, 9.17) is 9.47 Å². The lowest BCUT2D eigenvalue weighted by atomic mass is 10.1. The summed E-state index contributed by atoms with van der Waals surface area (Å²) in [5, 5.41) is 3.48. The number of ether oxygens (including phenoxy) is 2. The third-order valence-electron chi connectivity index (χ3n) is 3.26. The molecule has 0 radical (unpaired) electrons.